The Balaban J connectivity index is 2.61. The summed E-state index contributed by atoms with van der Waals surface area (Å²) in [6.45, 7) is 4.53. The highest BCUT2D eigenvalue weighted by Crippen LogP contribution is 2.26. The van der Waals surface area contributed by atoms with Crippen LogP contribution in [0.3, 0.4) is 0 Å². The lowest BCUT2D eigenvalue weighted by atomic mass is 9.86. The molecule has 0 fully saturated rings. The van der Waals surface area contributed by atoms with E-state index in [9.17, 15) is 0 Å². The van der Waals surface area contributed by atoms with Crippen molar-refractivity contribution in [3.63, 3.8) is 0 Å². The van der Waals surface area contributed by atoms with Gasteiger partial charge < -0.3 is 0 Å². The van der Waals surface area contributed by atoms with Crippen LogP contribution in [0.1, 0.15) is 26.7 Å². The highest BCUT2D eigenvalue weighted by atomic mass is 14.2. The summed E-state index contributed by atoms with van der Waals surface area (Å²) < 4.78 is 0. The van der Waals surface area contributed by atoms with Crippen molar-refractivity contribution in [3.05, 3.63) is 24.3 Å². The van der Waals surface area contributed by atoms with E-state index >= 15 is 0 Å². The molecule has 0 heterocycles. The van der Waals surface area contributed by atoms with Crippen LogP contribution < -0.4 is 0 Å². The highest BCUT2D eigenvalue weighted by Gasteiger charge is 2.14. The summed E-state index contributed by atoms with van der Waals surface area (Å²) in [4.78, 5) is 0. The lowest BCUT2D eigenvalue weighted by Gasteiger charge is -2.18. The Bertz CT molecular complexity index is 122. The number of allylic oxidation sites excluding steroid dienone is 4. The first-order valence-electron chi connectivity index (χ1n) is 3.42. The van der Waals surface area contributed by atoms with Gasteiger partial charge in [0.1, 0.15) is 0 Å². The second kappa shape index (κ2) is 2.38. The lowest BCUT2D eigenvalue weighted by Crippen LogP contribution is -2.07. The van der Waals surface area contributed by atoms with E-state index in [2.05, 4.69) is 32.1 Å². The molecule has 0 aromatic carbocycles. The van der Waals surface area contributed by atoms with Gasteiger partial charge in [-0.05, 0) is 24.3 Å². The van der Waals surface area contributed by atoms with Crippen LogP contribution in [0.15, 0.2) is 18.2 Å². The van der Waals surface area contributed by atoms with E-state index in [-0.39, 0.29) is 0 Å². The van der Waals surface area contributed by atoms with Gasteiger partial charge in [0, 0.05) is 0 Å². The zero-order valence-corrected chi connectivity index (χ0v) is 6.15. The molecule has 9 heavy (non-hydrogen) atoms. The molecule has 0 N–H and O–H groups in total. The summed E-state index contributed by atoms with van der Waals surface area (Å²) in [7, 11) is 0. The zero-order valence-electron chi connectivity index (χ0n) is 6.15. The van der Waals surface area contributed by atoms with Gasteiger partial charge >= 0.3 is 0 Å². The molecule has 0 atom stereocenters. The number of hydrogen-bond acceptors (Lipinski definition) is 0. The second-order valence-corrected chi connectivity index (χ2v) is 3.34. The maximum Gasteiger partial charge on any atom is -0.0222 e. The van der Waals surface area contributed by atoms with Crippen LogP contribution in [-0.2, 0) is 0 Å². The summed E-state index contributed by atoms with van der Waals surface area (Å²) in [5.74, 6) is 0. The van der Waals surface area contributed by atoms with Crippen LogP contribution in [-0.4, -0.2) is 0 Å². The van der Waals surface area contributed by atoms with E-state index in [1.165, 1.54) is 6.42 Å². The van der Waals surface area contributed by atoms with Crippen molar-refractivity contribution in [2.45, 2.75) is 26.7 Å². The average Bonchev–Trinajstić information content (AvgIpc) is 1.92. The molecule has 0 saturated carbocycles. The molecule has 49 valence electrons. The van der Waals surface area contributed by atoms with Gasteiger partial charge in [-0.3, -0.25) is 0 Å². The van der Waals surface area contributed by atoms with E-state index in [1.54, 1.807) is 0 Å². The molecule has 0 saturated heterocycles. The Hall–Kier alpha value is -0.520. The second-order valence-electron chi connectivity index (χ2n) is 3.34. The molecule has 1 aliphatic rings. The Kier molecular flexibility index (Phi) is 1.75. The number of hydrogen-bond donors (Lipinski definition) is 0. The van der Waals surface area contributed by atoms with Crippen molar-refractivity contribution >= 4 is 0 Å². The first-order valence-corrected chi connectivity index (χ1v) is 3.42. The van der Waals surface area contributed by atoms with Gasteiger partial charge in [-0.15, -0.1) is 0 Å². The van der Waals surface area contributed by atoms with Crippen molar-refractivity contribution in [3.8, 4) is 0 Å². The molecule has 0 heteroatoms. The molecule has 0 aromatic rings. The van der Waals surface area contributed by atoms with Crippen LogP contribution in [0, 0.1) is 11.5 Å². The van der Waals surface area contributed by atoms with Crippen molar-refractivity contribution in [2.24, 2.45) is 5.41 Å². The van der Waals surface area contributed by atoms with Gasteiger partial charge in [-0.2, -0.15) is 0 Å². The molecule has 1 aliphatic carbocycles. The smallest absolute Gasteiger partial charge is 0.0222 e. The van der Waals surface area contributed by atoms with Gasteiger partial charge in [0.15, 0.2) is 0 Å². The average molecular weight is 121 g/mol. The largest absolute Gasteiger partial charge is 0.0840 e. The standard InChI is InChI=1S/C9H13/c1-9(2)7-5-3-4-6-8-9/h3-5H,7-8H2,1-2H3. The molecule has 1 radical (unpaired) electrons. The molecular formula is C9H13. The Morgan fingerprint density at radius 2 is 2.22 bits per heavy atom. The Morgan fingerprint density at radius 3 is 3.00 bits per heavy atom. The SMILES string of the molecule is CC1(C)C[C]=CC=CC1. The molecule has 0 bridgehead atoms. The van der Waals surface area contributed by atoms with Gasteiger partial charge in [0.2, 0.25) is 0 Å². The van der Waals surface area contributed by atoms with Crippen LogP contribution >= 0.6 is 0 Å². The molecule has 0 aromatic heterocycles. The summed E-state index contributed by atoms with van der Waals surface area (Å²) in [5, 5.41) is 0. The van der Waals surface area contributed by atoms with Gasteiger partial charge in [-0.1, -0.05) is 32.1 Å². The van der Waals surface area contributed by atoms with E-state index in [0.717, 1.165) is 6.42 Å². The van der Waals surface area contributed by atoms with Crippen LogP contribution in [0.2, 0.25) is 0 Å². The predicted octanol–water partition coefficient (Wildman–Crippen LogP) is 2.72. The van der Waals surface area contributed by atoms with E-state index in [0.29, 0.717) is 5.41 Å². The third-order valence-electron chi connectivity index (χ3n) is 1.60. The fourth-order valence-corrected chi connectivity index (χ4v) is 0.931. The van der Waals surface area contributed by atoms with Crippen LogP contribution in [0.4, 0.5) is 0 Å². The van der Waals surface area contributed by atoms with Gasteiger partial charge in [-0.25, -0.2) is 0 Å². The summed E-state index contributed by atoms with van der Waals surface area (Å²) >= 11 is 0. The minimum Gasteiger partial charge on any atom is -0.0840 e. The van der Waals surface area contributed by atoms with E-state index in [1.807, 2.05) is 6.08 Å². The van der Waals surface area contributed by atoms with Crippen molar-refractivity contribution in [2.75, 3.05) is 0 Å². The molecule has 0 amide bonds. The molecule has 0 aliphatic heterocycles. The predicted molar refractivity (Wildman–Crippen MR) is 40.0 cm³/mol. The molecular weight excluding hydrogens is 108 g/mol. The fraction of sp³-hybridized carbons (Fsp3) is 0.556. The zero-order chi connectivity index (χ0) is 6.74. The van der Waals surface area contributed by atoms with Crippen molar-refractivity contribution < 1.29 is 0 Å². The summed E-state index contributed by atoms with van der Waals surface area (Å²) in [5.41, 5.74) is 0.434. The van der Waals surface area contributed by atoms with Crippen molar-refractivity contribution in [1.82, 2.24) is 0 Å². The highest BCUT2D eigenvalue weighted by molar-refractivity contribution is 5.04. The topological polar surface area (TPSA) is 0 Å². The van der Waals surface area contributed by atoms with Crippen LogP contribution in [0.25, 0.3) is 0 Å². The maximum absolute atomic E-state index is 3.23. The molecule has 1 rings (SSSR count). The third kappa shape index (κ3) is 2.05. The van der Waals surface area contributed by atoms with E-state index < -0.39 is 0 Å². The molecule has 0 nitrogen and oxygen atoms in total. The fourth-order valence-electron chi connectivity index (χ4n) is 0.931. The third-order valence-corrected chi connectivity index (χ3v) is 1.60. The Morgan fingerprint density at radius 1 is 1.44 bits per heavy atom. The minimum absolute atomic E-state index is 0.434. The molecule has 0 spiro atoms. The van der Waals surface area contributed by atoms with Crippen LogP contribution in [0.5, 0.6) is 0 Å². The first-order chi connectivity index (χ1) is 4.21. The lowest BCUT2D eigenvalue weighted by molar-refractivity contribution is 0.374. The normalized spacial score (nSPS) is 23.8. The van der Waals surface area contributed by atoms with E-state index in [4.69, 9.17) is 0 Å². The monoisotopic (exact) mass is 121 g/mol. The van der Waals surface area contributed by atoms with Gasteiger partial charge in [0.25, 0.3) is 0 Å². The van der Waals surface area contributed by atoms with Gasteiger partial charge in [0.05, 0.1) is 0 Å². The van der Waals surface area contributed by atoms with Crippen molar-refractivity contribution in [1.29, 1.82) is 0 Å². The Labute approximate surface area is 57.3 Å². The minimum atomic E-state index is 0.434. The molecule has 0 unspecified atom stereocenters. The number of rotatable bonds is 0. The maximum atomic E-state index is 3.23. The summed E-state index contributed by atoms with van der Waals surface area (Å²) in [6, 6.07) is 0. The summed E-state index contributed by atoms with van der Waals surface area (Å²) in [6.07, 6.45) is 11.8. The first kappa shape index (κ1) is 6.60. The quantitative estimate of drug-likeness (QED) is 0.462.